The van der Waals surface area contributed by atoms with Crippen molar-refractivity contribution in [3.05, 3.63) is 39.4 Å². The molecule has 4 rings (SSSR count). The highest BCUT2D eigenvalue weighted by atomic mass is 79.9. The van der Waals surface area contributed by atoms with Crippen LogP contribution in [0.15, 0.2) is 33.8 Å². The van der Waals surface area contributed by atoms with Gasteiger partial charge in [-0.3, -0.25) is 15.0 Å². The normalized spacial score (nSPS) is 22.3. The maximum Gasteiger partial charge on any atom is 0.409 e. The Labute approximate surface area is 190 Å². The van der Waals surface area contributed by atoms with Crippen molar-refractivity contribution in [2.45, 2.75) is 18.4 Å². The molecule has 2 saturated heterocycles. The number of anilines is 4. The third-order valence-corrected chi connectivity index (χ3v) is 5.95. The van der Waals surface area contributed by atoms with E-state index in [9.17, 15) is 18.0 Å². The van der Waals surface area contributed by atoms with Crippen molar-refractivity contribution < 1.29 is 17.9 Å². The van der Waals surface area contributed by atoms with Crippen LogP contribution >= 0.6 is 15.9 Å². The van der Waals surface area contributed by atoms with E-state index in [-0.39, 0.29) is 36.3 Å². The van der Waals surface area contributed by atoms with Crippen molar-refractivity contribution in [2.24, 2.45) is 7.05 Å². The molecule has 174 valence electrons. The number of nitrogens with one attached hydrogen (secondary N) is 2. The number of benzene rings is 1. The highest BCUT2D eigenvalue weighted by molar-refractivity contribution is 9.10. The highest BCUT2D eigenvalue weighted by Gasteiger charge is 2.48. The molecule has 2 aliphatic heterocycles. The Morgan fingerprint density at radius 2 is 2.12 bits per heavy atom. The van der Waals surface area contributed by atoms with Gasteiger partial charge in [-0.2, -0.15) is 13.2 Å². The van der Waals surface area contributed by atoms with Crippen molar-refractivity contribution in [1.29, 1.82) is 0 Å². The Kier molecular flexibility index (Phi) is 6.34. The lowest BCUT2D eigenvalue weighted by molar-refractivity contribution is -0.158. The van der Waals surface area contributed by atoms with Gasteiger partial charge in [0.25, 0.3) is 5.56 Å². The predicted molar refractivity (Wildman–Crippen MR) is 118 cm³/mol. The maximum absolute atomic E-state index is 13.9. The first kappa shape index (κ1) is 22.8. The molecule has 1 aromatic heterocycles. The first-order valence-electron chi connectivity index (χ1n) is 9.92. The number of nitrogens with zero attached hydrogens (tertiary/aromatic N) is 4. The minimum atomic E-state index is -4.44. The molecule has 4 N–H and O–H groups in total. The monoisotopic (exact) mass is 517 g/mol. The lowest BCUT2D eigenvalue weighted by Crippen LogP contribution is -2.62. The van der Waals surface area contributed by atoms with E-state index < -0.39 is 12.2 Å². The molecule has 0 radical (unpaired) electrons. The molecular weight excluding hydrogens is 495 g/mol. The molecule has 2 aromatic rings. The Morgan fingerprint density at radius 1 is 1.34 bits per heavy atom. The number of ether oxygens (including phenoxy) is 1. The summed E-state index contributed by atoms with van der Waals surface area (Å²) >= 11 is 3.23. The molecule has 0 amide bonds. The summed E-state index contributed by atoms with van der Waals surface area (Å²) in [5.74, 6) is 0.0714. The van der Waals surface area contributed by atoms with E-state index in [1.165, 1.54) is 27.8 Å². The van der Waals surface area contributed by atoms with Crippen molar-refractivity contribution in [1.82, 2.24) is 19.8 Å². The summed E-state index contributed by atoms with van der Waals surface area (Å²) in [5.41, 5.74) is 6.72. The number of rotatable bonds is 4. The Morgan fingerprint density at radius 3 is 2.78 bits per heavy atom. The molecule has 9 nitrogen and oxygen atoms in total. The lowest BCUT2D eigenvalue weighted by atomic mass is 10.1. The van der Waals surface area contributed by atoms with Crippen LogP contribution in [0.2, 0.25) is 0 Å². The molecule has 2 unspecified atom stereocenters. The summed E-state index contributed by atoms with van der Waals surface area (Å²) in [7, 11) is 1.58. The van der Waals surface area contributed by atoms with E-state index >= 15 is 0 Å². The number of nitrogens with two attached hydrogens (primary N) is 1. The van der Waals surface area contributed by atoms with Gasteiger partial charge in [-0.15, -0.1) is 0 Å². The standard InChI is InChI=1S/C19H23BrF3N7O2/c1-28-8-15(20)27-17(18(28)31)26-11-2-3-13(12(24)6-11)30-5-4-29(16-9-32-10-25-16)7-14(30)19(21,22)23/h2-3,6,8,14,16,25H,4-5,7,9-10,24H2,1H3,(H,26,27). The highest BCUT2D eigenvalue weighted by Crippen LogP contribution is 2.36. The van der Waals surface area contributed by atoms with Crippen molar-refractivity contribution in [3.63, 3.8) is 0 Å². The predicted octanol–water partition coefficient (Wildman–Crippen LogP) is 1.82. The summed E-state index contributed by atoms with van der Waals surface area (Å²) in [6.45, 7) is 1.09. The number of alkyl halides is 3. The molecule has 2 aliphatic rings. The van der Waals surface area contributed by atoms with Gasteiger partial charge < -0.3 is 25.3 Å². The van der Waals surface area contributed by atoms with Crippen molar-refractivity contribution in [2.75, 3.05) is 48.9 Å². The second-order valence-electron chi connectivity index (χ2n) is 7.71. The zero-order valence-electron chi connectivity index (χ0n) is 17.2. The fraction of sp³-hybridized carbons (Fsp3) is 0.474. The van der Waals surface area contributed by atoms with Gasteiger partial charge in [0.1, 0.15) is 10.6 Å². The zero-order valence-corrected chi connectivity index (χ0v) is 18.8. The number of piperazine rings is 1. The van der Waals surface area contributed by atoms with Gasteiger partial charge in [-0.05, 0) is 34.1 Å². The van der Waals surface area contributed by atoms with Crippen LogP contribution in [0.3, 0.4) is 0 Å². The molecule has 32 heavy (non-hydrogen) atoms. The third kappa shape index (κ3) is 4.70. The van der Waals surface area contributed by atoms with Crippen LogP contribution in [-0.2, 0) is 11.8 Å². The SMILES string of the molecule is Cn1cc(Br)nc(Nc2ccc(N3CCN(C4COCN4)CC3C(F)(F)F)c(N)c2)c1=O. The molecule has 0 saturated carbocycles. The zero-order chi connectivity index (χ0) is 23.0. The van der Waals surface area contributed by atoms with E-state index in [0.717, 1.165) is 0 Å². The largest absolute Gasteiger partial charge is 0.409 e. The molecule has 2 atom stereocenters. The summed E-state index contributed by atoms with van der Waals surface area (Å²) in [6.07, 6.45) is -3.14. The number of aromatic nitrogens is 2. The number of halogens is 4. The van der Waals surface area contributed by atoms with Gasteiger partial charge >= 0.3 is 6.18 Å². The number of nitrogen functional groups attached to an aromatic ring is 1. The summed E-state index contributed by atoms with van der Waals surface area (Å²) in [4.78, 5) is 19.4. The van der Waals surface area contributed by atoms with E-state index in [4.69, 9.17) is 10.5 Å². The van der Waals surface area contributed by atoms with Gasteiger partial charge in [0, 0.05) is 38.6 Å². The second kappa shape index (κ2) is 8.89. The molecule has 0 aliphatic carbocycles. The summed E-state index contributed by atoms with van der Waals surface area (Å²) in [5, 5.41) is 5.94. The van der Waals surface area contributed by atoms with Gasteiger partial charge in [0.05, 0.1) is 30.9 Å². The topological polar surface area (TPSA) is 101 Å². The molecule has 0 spiro atoms. The number of hydrogen-bond acceptors (Lipinski definition) is 8. The minimum absolute atomic E-state index is 0.0714. The van der Waals surface area contributed by atoms with E-state index in [0.29, 0.717) is 35.9 Å². The molecule has 3 heterocycles. The van der Waals surface area contributed by atoms with E-state index in [2.05, 4.69) is 31.5 Å². The summed E-state index contributed by atoms with van der Waals surface area (Å²) in [6, 6.07) is 2.91. The van der Waals surface area contributed by atoms with Crippen LogP contribution < -0.4 is 26.8 Å². The van der Waals surface area contributed by atoms with Crippen molar-refractivity contribution >= 4 is 38.8 Å². The van der Waals surface area contributed by atoms with Crippen LogP contribution in [0, 0.1) is 0 Å². The van der Waals surface area contributed by atoms with Crippen LogP contribution in [0.1, 0.15) is 0 Å². The van der Waals surface area contributed by atoms with Gasteiger partial charge in [0.15, 0.2) is 5.82 Å². The van der Waals surface area contributed by atoms with E-state index in [1.807, 2.05) is 0 Å². The molecule has 0 bridgehead atoms. The number of hydrogen-bond donors (Lipinski definition) is 3. The Bertz CT molecular complexity index is 1040. The van der Waals surface area contributed by atoms with Gasteiger partial charge in [0.2, 0.25) is 0 Å². The molecule has 2 fully saturated rings. The first-order valence-corrected chi connectivity index (χ1v) is 10.7. The molecular formula is C19H23BrF3N7O2. The second-order valence-corrected chi connectivity index (χ2v) is 8.52. The van der Waals surface area contributed by atoms with Crippen LogP contribution in [0.25, 0.3) is 0 Å². The molecule has 1 aromatic carbocycles. The third-order valence-electron chi connectivity index (χ3n) is 5.57. The average Bonchev–Trinajstić information content (AvgIpc) is 3.26. The van der Waals surface area contributed by atoms with Crippen LogP contribution in [0.4, 0.5) is 36.1 Å². The van der Waals surface area contributed by atoms with Crippen LogP contribution in [0.5, 0.6) is 0 Å². The van der Waals surface area contributed by atoms with Crippen molar-refractivity contribution in [3.8, 4) is 0 Å². The van der Waals surface area contributed by atoms with E-state index in [1.54, 1.807) is 18.0 Å². The number of aryl methyl sites for hydroxylation is 1. The Hall–Kier alpha value is -2.35. The maximum atomic E-state index is 13.9. The molecule has 13 heteroatoms. The Balaban J connectivity index is 1.57. The fourth-order valence-electron chi connectivity index (χ4n) is 3.96. The first-order chi connectivity index (χ1) is 15.1. The smallest absolute Gasteiger partial charge is 0.397 e. The lowest BCUT2D eigenvalue weighted by Gasteiger charge is -2.45. The van der Waals surface area contributed by atoms with Gasteiger partial charge in [-0.25, -0.2) is 4.98 Å². The minimum Gasteiger partial charge on any atom is -0.397 e. The average molecular weight is 518 g/mol. The summed E-state index contributed by atoms with van der Waals surface area (Å²) < 4.78 is 48.9. The van der Waals surface area contributed by atoms with Crippen LogP contribution in [-0.4, -0.2) is 65.8 Å². The fourth-order valence-corrected chi connectivity index (χ4v) is 4.44. The van der Waals surface area contributed by atoms with Gasteiger partial charge in [-0.1, -0.05) is 0 Å². The quantitative estimate of drug-likeness (QED) is 0.528.